The number of phenols is 1. The molecule has 1 aliphatic rings. The highest BCUT2D eigenvalue weighted by Gasteiger charge is 2.33. The number of rotatable bonds is 5. The number of aromatic hydroxyl groups is 1. The van der Waals surface area contributed by atoms with Crippen LogP contribution in [0.5, 0.6) is 11.5 Å². The van der Waals surface area contributed by atoms with Gasteiger partial charge < -0.3 is 20.5 Å². The number of hydrogen-bond acceptors (Lipinski definition) is 4. The second kappa shape index (κ2) is 6.68. The molecule has 2 rings (SSSR count). The van der Waals surface area contributed by atoms with Crippen LogP contribution in [-0.2, 0) is 16.0 Å². The molecule has 2 amide bonds. The Labute approximate surface area is 129 Å². The van der Waals surface area contributed by atoms with Crippen molar-refractivity contribution in [2.75, 3.05) is 7.11 Å². The summed E-state index contributed by atoms with van der Waals surface area (Å²) in [6.45, 7) is 4.01. The zero-order valence-electron chi connectivity index (χ0n) is 13.1. The van der Waals surface area contributed by atoms with Crippen LogP contribution >= 0.6 is 0 Å². The van der Waals surface area contributed by atoms with Crippen molar-refractivity contribution in [1.29, 1.82) is 0 Å². The molecule has 1 aliphatic heterocycles. The second-order valence-corrected chi connectivity index (χ2v) is 5.96. The molecule has 6 heteroatoms. The van der Waals surface area contributed by atoms with E-state index in [1.54, 1.807) is 18.2 Å². The standard InChI is InChI=1S/C16H22N2O4/c1-9(2)6-11-15(20)18-12(16(21)17-11)7-10-4-5-14(22-3)13(19)8-10/h4-5,8-9,11-12,19H,6-7H2,1-3H3,(H,17,21)(H,18,20). The van der Waals surface area contributed by atoms with Crippen molar-refractivity contribution in [3.05, 3.63) is 23.8 Å². The van der Waals surface area contributed by atoms with Crippen LogP contribution in [0.2, 0.25) is 0 Å². The van der Waals surface area contributed by atoms with E-state index in [0.29, 0.717) is 24.5 Å². The summed E-state index contributed by atoms with van der Waals surface area (Å²) >= 11 is 0. The Morgan fingerprint density at radius 2 is 1.82 bits per heavy atom. The van der Waals surface area contributed by atoms with E-state index in [1.165, 1.54) is 7.11 Å². The summed E-state index contributed by atoms with van der Waals surface area (Å²) in [5.74, 6) is 0.362. The van der Waals surface area contributed by atoms with Crippen molar-refractivity contribution in [3.8, 4) is 11.5 Å². The number of hydrogen-bond donors (Lipinski definition) is 3. The lowest BCUT2D eigenvalue weighted by molar-refractivity contribution is -0.137. The summed E-state index contributed by atoms with van der Waals surface area (Å²) in [5.41, 5.74) is 0.751. The maximum Gasteiger partial charge on any atom is 0.243 e. The fraction of sp³-hybridized carbons (Fsp3) is 0.500. The number of nitrogens with one attached hydrogen (secondary N) is 2. The van der Waals surface area contributed by atoms with Crippen LogP contribution in [0.1, 0.15) is 25.8 Å². The summed E-state index contributed by atoms with van der Waals surface area (Å²) in [4.78, 5) is 24.2. The van der Waals surface area contributed by atoms with Gasteiger partial charge in [-0.15, -0.1) is 0 Å². The third kappa shape index (κ3) is 3.69. The highest BCUT2D eigenvalue weighted by atomic mass is 16.5. The number of ether oxygens (including phenoxy) is 1. The van der Waals surface area contributed by atoms with Gasteiger partial charge in [-0.05, 0) is 30.0 Å². The minimum Gasteiger partial charge on any atom is -0.504 e. The first-order valence-electron chi connectivity index (χ1n) is 7.37. The highest BCUT2D eigenvalue weighted by molar-refractivity contribution is 5.97. The molecule has 120 valence electrons. The first-order valence-corrected chi connectivity index (χ1v) is 7.37. The van der Waals surface area contributed by atoms with E-state index in [2.05, 4.69) is 10.6 Å². The molecule has 1 fully saturated rings. The van der Waals surface area contributed by atoms with Crippen molar-refractivity contribution in [2.45, 2.75) is 38.8 Å². The maximum absolute atomic E-state index is 12.1. The van der Waals surface area contributed by atoms with Crippen molar-refractivity contribution in [2.24, 2.45) is 5.92 Å². The van der Waals surface area contributed by atoms with Gasteiger partial charge in [0.15, 0.2) is 11.5 Å². The third-order valence-corrected chi connectivity index (χ3v) is 3.66. The van der Waals surface area contributed by atoms with Crippen LogP contribution in [0.3, 0.4) is 0 Å². The number of piperazine rings is 1. The molecule has 1 aromatic carbocycles. The van der Waals surface area contributed by atoms with Crippen molar-refractivity contribution in [3.63, 3.8) is 0 Å². The summed E-state index contributed by atoms with van der Waals surface area (Å²) in [6, 6.07) is 3.85. The molecule has 2 unspecified atom stereocenters. The van der Waals surface area contributed by atoms with Gasteiger partial charge in [0.2, 0.25) is 11.8 Å². The van der Waals surface area contributed by atoms with Gasteiger partial charge >= 0.3 is 0 Å². The number of phenolic OH excluding ortho intramolecular Hbond substituents is 1. The molecule has 22 heavy (non-hydrogen) atoms. The zero-order valence-corrected chi connectivity index (χ0v) is 13.1. The molecule has 3 N–H and O–H groups in total. The Morgan fingerprint density at radius 1 is 1.18 bits per heavy atom. The molecular weight excluding hydrogens is 284 g/mol. The van der Waals surface area contributed by atoms with Gasteiger partial charge in [-0.2, -0.15) is 0 Å². The van der Waals surface area contributed by atoms with E-state index >= 15 is 0 Å². The normalized spacial score (nSPS) is 21.5. The first kappa shape index (κ1) is 16.1. The third-order valence-electron chi connectivity index (χ3n) is 3.66. The van der Waals surface area contributed by atoms with Gasteiger partial charge in [-0.1, -0.05) is 19.9 Å². The van der Waals surface area contributed by atoms with Crippen molar-refractivity contribution < 1.29 is 19.4 Å². The minimum absolute atomic E-state index is 0.0141. The average molecular weight is 306 g/mol. The predicted molar refractivity (Wildman–Crippen MR) is 81.7 cm³/mol. The van der Waals surface area contributed by atoms with Crippen molar-refractivity contribution >= 4 is 11.8 Å². The number of carbonyl (C=O) groups is 2. The lowest BCUT2D eigenvalue weighted by atomic mass is 9.97. The van der Waals surface area contributed by atoms with E-state index in [0.717, 1.165) is 5.56 Å². The van der Waals surface area contributed by atoms with Crippen LogP contribution in [0.15, 0.2) is 18.2 Å². The Hall–Kier alpha value is -2.24. The molecule has 1 heterocycles. The van der Waals surface area contributed by atoms with E-state index in [4.69, 9.17) is 4.74 Å². The average Bonchev–Trinajstić information content (AvgIpc) is 2.44. The van der Waals surface area contributed by atoms with Gasteiger partial charge in [-0.3, -0.25) is 9.59 Å². The molecule has 0 spiro atoms. The molecule has 0 bridgehead atoms. The molecule has 0 aromatic heterocycles. The Bertz CT molecular complexity index is 571. The number of benzene rings is 1. The zero-order chi connectivity index (χ0) is 16.3. The number of carbonyl (C=O) groups excluding carboxylic acids is 2. The van der Waals surface area contributed by atoms with Gasteiger partial charge in [0.05, 0.1) is 7.11 Å². The van der Waals surface area contributed by atoms with Crippen LogP contribution in [0.4, 0.5) is 0 Å². The topological polar surface area (TPSA) is 87.7 Å². The second-order valence-electron chi connectivity index (χ2n) is 5.96. The highest BCUT2D eigenvalue weighted by Crippen LogP contribution is 2.26. The van der Waals surface area contributed by atoms with E-state index in [9.17, 15) is 14.7 Å². The smallest absolute Gasteiger partial charge is 0.243 e. The molecule has 1 aromatic rings. The Balaban J connectivity index is 2.04. The lowest BCUT2D eigenvalue weighted by Gasteiger charge is -2.30. The fourth-order valence-corrected chi connectivity index (χ4v) is 2.56. The monoisotopic (exact) mass is 306 g/mol. The van der Waals surface area contributed by atoms with Gasteiger partial charge in [0.25, 0.3) is 0 Å². The van der Waals surface area contributed by atoms with E-state index < -0.39 is 12.1 Å². The number of methoxy groups -OCH3 is 1. The molecule has 0 radical (unpaired) electrons. The molecule has 0 aliphatic carbocycles. The van der Waals surface area contributed by atoms with Gasteiger partial charge in [0.1, 0.15) is 12.1 Å². The quantitative estimate of drug-likeness (QED) is 0.756. The Kier molecular flexibility index (Phi) is 4.90. The van der Waals surface area contributed by atoms with Crippen LogP contribution in [0, 0.1) is 5.92 Å². The van der Waals surface area contributed by atoms with E-state index in [1.807, 2.05) is 13.8 Å². The van der Waals surface area contributed by atoms with Crippen LogP contribution < -0.4 is 15.4 Å². The van der Waals surface area contributed by atoms with Gasteiger partial charge in [-0.25, -0.2) is 0 Å². The van der Waals surface area contributed by atoms with Gasteiger partial charge in [0, 0.05) is 6.42 Å². The minimum atomic E-state index is -0.622. The first-order chi connectivity index (χ1) is 10.4. The molecule has 0 saturated carbocycles. The summed E-state index contributed by atoms with van der Waals surface area (Å²) < 4.78 is 4.98. The Morgan fingerprint density at radius 3 is 2.41 bits per heavy atom. The molecular formula is C16H22N2O4. The fourth-order valence-electron chi connectivity index (χ4n) is 2.56. The van der Waals surface area contributed by atoms with E-state index in [-0.39, 0.29) is 17.6 Å². The summed E-state index contributed by atoms with van der Waals surface area (Å²) in [6.07, 6.45) is 0.942. The van der Waals surface area contributed by atoms with Crippen molar-refractivity contribution in [1.82, 2.24) is 10.6 Å². The predicted octanol–water partition coefficient (Wildman–Crippen LogP) is 0.973. The summed E-state index contributed by atoms with van der Waals surface area (Å²) in [7, 11) is 1.47. The maximum atomic E-state index is 12.1. The largest absolute Gasteiger partial charge is 0.504 e. The SMILES string of the molecule is COc1ccc(CC2NC(=O)C(CC(C)C)NC2=O)cc1O. The molecule has 6 nitrogen and oxygen atoms in total. The van der Waals surface area contributed by atoms with Crippen LogP contribution in [0.25, 0.3) is 0 Å². The summed E-state index contributed by atoms with van der Waals surface area (Å²) in [5, 5.41) is 15.3. The number of amides is 2. The molecule has 2 atom stereocenters. The van der Waals surface area contributed by atoms with Crippen LogP contribution in [-0.4, -0.2) is 36.1 Å². The molecule has 1 saturated heterocycles. The lowest BCUT2D eigenvalue weighted by Crippen LogP contribution is -2.62.